The van der Waals surface area contributed by atoms with Crippen molar-refractivity contribution in [2.45, 2.75) is 13.3 Å². The highest BCUT2D eigenvalue weighted by Crippen LogP contribution is 2.20. The maximum Gasteiger partial charge on any atom is 0.188 e. The highest BCUT2D eigenvalue weighted by Gasteiger charge is 2.05. The van der Waals surface area contributed by atoms with Crippen LogP contribution in [0.2, 0.25) is 0 Å². The van der Waals surface area contributed by atoms with Gasteiger partial charge in [-0.2, -0.15) is 0 Å². The van der Waals surface area contributed by atoms with Crippen molar-refractivity contribution in [1.29, 1.82) is 0 Å². The molecule has 1 aromatic carbocycles. The molecule has 0 saturated carbocycles. The Hall–Kier alpha value is -1.28. The minimum Gasteiger partial charge on any atom is -0.475 e. The molecule has 2 heteroatoms. The summed E-state index contributed by atoms with van der Waals surface area (Å²) in [5.74, 6) is 0. The normalized spacial score (nSPS) is 16.8. The fourth-order valence-corrected chi connectivity index (χ4v) is 1.46. The Morgan fingerprint density at radius 2 is 1.93 bits per heavy atom. The van der Waals surface area contributed by atoms with Crippen LogP contribution in [-0.4, -0.2) is 13.4 Å². The molecule has 1 aromatic rings. The highest BCUT2D eigenvalue weighted by molar-refractivity contribution is 5.64. The predicted molar refractivity (Wildman–Crippen MR) is 55.7 cm³/mol. The first-order valence-corrected chi connectivity index (χ1v) is 4.82. The Bertz CT molecular complexity index is 325. The molecule has 0 aliphatic carbocycles. The van der Waals surface area contributed by atoms with Crippen LogP contribution in [0.3, 0.4) is 0 Å². The third-order valence-electron chi connectivity index (χ3n) is 2.32. The molecule has 0 fully saturated rings. The molecule has 14 heavy (non-hydrogen) atoms. The van der Waals surface area contributed by atoms with E-state index in [1.807, 2.05) is 0 Å². The second-order valence-corrected chi connectivity index (χ2v) is 3.45. The molecule has 1 aliphatic heterocycles. The van der Waals surface area contributed by atoms with Crippen LogP contribution in [0, 0.1) is 6.92 Å². The van der Waals surface area contributed by atoms with Gasteiger partial charge in [-0.15, -0.1) is 0 Å². The first kappa shape index (κ1) is 9.28. The van der Waals surface area contributed by atoms with Crippen molar-refractivity contribution in [2.75, 3.05) is 13.4 Å². The fraction of sp³-hybridized carbons (Fsp3) is 0.333. The van der Waals surface area contributed by atoms with Gasteiger partial charge in [0.15, 0.2) is 6.79 Å². The molecule has 0 radical (unpaired) electrons. The van der Waals surface area contributed by atoms with E-state index in [2.05, 4.69) is 31.2 Å². The van der Waals surface area contributed by atoms with Crippen molar-refractivity contribution >= 4 is 5.57 Å². The quantitative estimate of drug-likeness (QED) is 0.678. The molecule has 1 aliphatic rings. The van der Waals surface area contributed by atoms with Gasteiger partial charge in [-0.1, -0.05) is 29.8 Å². The third kappa shape index (κ3) is 2.15. The Morgan fingerprint density at radius 1 is 1.14 bits per heavy atom. The summed E-state index contributed by atoms with van der Waals surface area (Å²) in [6, 6.07) is 8.47. The number of hydrogen-bond donors (Lipinski definition) is 0. The second-order valence-electron chi connectivity index (χ2n) is 3.45. The van der Waals surface area contributed by atoms with E-state index in [1.165, 1.54) is 16.7 Å². The Labute approximate surface area is 84.2 Å². The summed E-state index contributed by atoms with van der Waals surface area (Å²) in [6.07, 6.45) is 2.72. The van der Waals surface area contributed by atoms with Crippen LogP contribution in [0.1, 0.15) is 17.5 Å². The van der Waals surface area contributed by atoms with Gasteiger partial charge in [-0.3, -0.25) is 0 Å². The molecule has 0 atom stereocenters. The van der Waals surface area contributed by atoms with Crippen molar-refractivity contribution < 1.29 is 9.47 Å². The molecular formula is C12H14O2. The topological polar surface area (TPSA) is 18.5 Å². The zero-order valence-electron chi connectivity index (χ0n) is 8.32. The number of hydrogen-bond acceptors (Lipinski definition) is 2. The maximum absolute atomic E-state index is 5.21. The SMILES string of the molecule is Cc1ccc(C2=COCOCC2)cc1. The van der Waals surface area contributed by atoms with Gasteiger partial charge in [0, 0.05) is 0 Å². The summed E-state index contributed by atoms with van der Waals surface area (Å²) in [5.41, 5.74) is 3.71. The number of ether oxygens (including phenoxy) is 2. The van der Waals surface area contributed by atoms with Gasteiger partial charge in [0.05, 0.1) is 12.9 Å². The first-order valence-electron chi connectivity index (χ1n) is 4.82. The molecule has 0 bridgehead atoms. The molecular weight excluding hydrogens is 176 g/mol. The molecule has 0 amide bonds. The van der Waals surface area contributed by atoms with Crippen LogP contribution >= 0.6 is 0 Å². The minimum absolute atomic E-state index is 0.370. The minimum atomic E-state index is 0.370. The Morgan fingerprint density at radius 3 is 2.71 bits per heavy atom. The van der Waals surface area contributed by atoms with Gasteiger partial charge in [0.25, 0.3) is 0 Å². The Kier molecular flexibility index (Phi) is 2.84. The highest BCUT2D eigenvalue weighted by atomic mass is 16.7. The lowest BCUT2D eigenvalue weighted by Gasteiger charge is -2.03. The van der Waals surface area contributed by atoms with Crippen LogP contribution in [0.5, 0.6) is 0 Å². The summed E-state index contributed by atoms with van der Waals surface area (Å²) >= 11 is 0. The lowest BCUT2D eigenvalue weighted by molar-refractivity contribution is -0.00131. The Balaban J connectivity index is 2.20. The van der Waals surface area contributed by atoms with Gasteiger partial charge >= 0.3 is 0 Å². The molecule has 0 saturated heterocycles. The smallest absolute Gasteiger partial charge is 0.188 e. The zero-order chi connectivity index (χ0) is 9.80. The standard InChI is InChI=1S/C12H14O2/c1-10-2-4-11(5-3-10)12-6-7-13-9-14-8-12/h2-5,8H,6-7,9H2,1H3. The fourth-order valence-electron chi connectivity index (χ4n) is 1.46. The average Bonchev–Trinajstić information content (AvgIpc) is 2.47. The van der Waals surface area contributed by atoms with E-state index in [1.54, 1.807) is 6.26 Å². The third-order valence-corrected chi connectivity index (χ3v) is 2.32. The van der Waals surface area contributed by atoms with Crippen molar-refractivity contribution in [2.24, 2.45) is 0 Å². The van der Waals surface area contributed by atoms with Crippen LogP contribution in [-0.2, 0) is 9.47 Å². The van der Waals surface area contributed by atoms with Crippen LogP contribution < -0.4 is 0 Å². The molecule has 1 heterocycles. The van der Waals surface area contributed by atoms with Gasteiger partial charge in [0.2, 0.25) is 0 Å². The number of rotatable bonds is 1. The molecule has 0 aromatic heterocycles. The summed E-state index contributed by atoms with van der Waals surface area (Å²) < 4.78 is 10.4. The molecule has 2 nitrogen and oxygen atoms in total. The van der Waals surface area contributed by atoms with E-state index >= 15 is 0 Å². The van der Waals surface area contributed by atoms with Crippen LogP contribution in [0.25, 0.3) is 5.57 Å². The predicted octanol–water partition coefficient (Wildman–Crippen LogP) is 2.73. The monoisotopic (exact) mass is 190 g/mol. The summed E-state index contributed by atoms with van der Waals surface area (Å²) in [5, 5.41) is 0. The van der Waals surface area contributed by atoms with E-state index in [0.29, 0.717) is 6.79 Å². The second kappa shape index (κ2) is 4.29. The summed E-state index contributed by atoms with van der Waals surface area (Å²) in [7, 11) is 0. The van der Waals surface area contributed by atoms with E-state index in [4.69, 9.17) is 9.47 Å². The van der Waals surface area contributed by atoms with Crippen LogP contribution in [0.4, 0.5) is 0 Å². The molecule has 0 N–H and O–H groups in total. The lowest BCUT2D eigenvalue weighted by atomic mass is 10.0. The van der Waals surface area contributed by atoms with E-state index in [-0.39, 0.29) is 0 Å². The lowest BCUT2D eigenvalue weighted by Crippen LogP contribution is -1.93. The van der Waals surface area contributed by atoms with Crippen molar-refractivity contribution in [3.63, 3.8) is 0 Å². The van der Waals surface area contributed by atoms with Gasteiger partial charge in [-0.05, 0) is 24.5 Å². The zero-order valence-corrected chi connectivity index (χ0v) is 8.32. The summed E-state index contributed by atoms with van der Waals surface area (Å²) in [4.78, 5) is 0. The molecule has 2 rings (SSSR count). The largest absolute Gasteiger partial charge is 0.475 e. The number of benzene rings is 1. The summed E-state index contributed by atoms with van der Waals surface area (Å²) in [6.45, 7) is 3.19. The number of aryl methyl sites for hydroxylation is 1. The van der Waals surface area contributed by atoms with E-state index in [0.717, 1.165) is 13.0 Å². The molecule has 74 valence electrons. The average molecular weight is 190 g/mol. The molecule has 0 unspecified atom stereocenters. The van der Waals surface area contributed by atoms with Gasteiger partial charge < -0.3 is 9.47 Å². The molecule has 0 spiro atoms. The van der Waals surface area contributed by atoms with E-state index < -0.39 is 0 Å². The van der Waals surface area contributed by atoms with Crippen molar-refractivity contribution in [3.05, 3.63) is 41.7 Å². The van der Waals surface area contributed by atoms with Gasteiger partial charge in [-0.25, -0.2) is 0 Å². The van der Waals surface area contributed by atoms with Crippen molar-refractivity contribution in [3.8, 4) is 0 Å². The van der Waals surface area contributed by atoms with Gasteiger partial charge in [0.1, 0.15) is 0 Å². The first-order chi connectivity index (χ1) is 6.86. The van der Waals surface area contributed by atoms with Crippen molar-refractivity contribution in [1.82, 2.24) is 0 Å². The van der Waals surface area contributed by atoms with Crippen LogP contribution in [0.15, 0.2) is 30.5 Å². The maximum atomic E-state index is 5.21. The van der Waals surface area contributed by atoms with E-state index in [9.17, 15) is 0 Å².